The molecule has 0 spiro atoms. The van der Waals surface area contributed by atoms with Crippen LogP contribution in [0, 0.1) is 0 Å². The van der Waals surface area contributed by atoms with Gasteiger partial charge in [0.2, 0.25) is 6.79 Å². The van der Waals surface area contributed by atoms with Crippen molar-refractivity contribution in [1.29, 1.82) is 0 Å². The van der Waals surface area contributed by atoms with Gasteiger partial charge in [0, 0.05) is 13.1 Å². The molecule has 0 fully saturated rings. The van der Waals surface area contributed by atoms with Crippen LogP contribution in [0.5, 0.6) is 11.5 Å². The van der Waals surface area contributed by atoms with E-state index in [1.807, 2.05) is 30.3 Å². The highest BCUT2D eigenvalue weighted by Gasteiger charge is 2.12. The van der Waals surface area contributed by atoms with Crippen molar-refractivity contribution in [3.63, 3.8) is 0 Å². The molecule has 1 heterocycles. The number of hydrogen-bond acceptors (Lipinski definition) is 3. The van der Waals surface area contributed by atoms with Gasteiger partial charge in [0.25, 0.3) is 0 Å². The summed E-state index contributed by atoms with van der Waals surface area (Å²) in [6, 6.07) is 16.3. The van der Waals surface area contributed by atoms with Crippen molar-refractivity contribution in [2.45, 2.75) is 6.54 Å². The van der Waals surface area contributed by atoms with Crippen LogP contribution in [0.1, 0.15) is 11.1 Å². The van der Waals surface area contributed by atoms with Crippen LogP contribution in [0.3, 0.4) is 0 Å². The van der Waals surface area contributed by atoms with Gasteiger partial charge in [-0.1, -0.05) is 48.6 Å². The first-order valence-corrected chi connectivity index (χ1v) is 6.73. The summed E-state index contributed by atoms with van der Waals surface area (Å²) in [6.07, 6.45) is 4.24. The molecule has 0 amide bonds. The van der Waals surface area contributed by atoms with Crippen LogP contribution in [-0.2, 0) is 6.54 Å². The maximum absolute atomic E-state index is 5.36. The smallest absolute Gasteiger partial charge is 0.231 e. The Morgan fingerprint density at radius 3 is 2.67 bits per heavy atom. The predicted molar refractivity (Wildman–Crippen MR) is 79.7 cm³/mol. The molecule has 1 N–H and O–H groups in total. The Hall–Kier alpha value is -1.97. The lowest BCUT2D eigenvalue weighted by molar-refractivity contribution is -0.00000552. The molecule has 1 aliphatic heterocycles. The van der Waals surface area contributed by atoms with Crippen LogP contribution in [0.4, 0.5) is 0 Å². The number of fused-ring (bicyclic) bond motifs is 1. The minimum absolute atomic E-state index is 0. The van der Waals surface area contributed by atoms with Gasteiger partial charge in [0.1, 0.15) is 0 Å². The highest BCUT2D eigenvalue weighted by molar-refractivity contribution is 5.48. The lowest BCUT2D eigenvalue weighted by Gasteiger charge is -2.03. The van der Waals surface area contributed by atoms with E-state index in [4.69, 9.17) is 9.47 Å². The number of hydrogen-bond donors (Lipinski definition) is 1. The van der Waals surface area contributed by atoms with Crippen molar-refractivity contribution in [3.8, 4) is 11.5 Å². The molecule has 3 rings (SSSR count). The normalized spacial score (nSPS) is 12.4. The van der Waals surface area contributed by atoms with Crippen molar-refractivity contribution >= 4 is 6.08 Å². The molecule has 2 aromatic carbocycles. The van der Waals surface area contributed by atoms with Crippen molar-refractivity contribution in [1.82, 2.24) is 5.32 Å². The molecule has 0 aromatic heterocycles. The molecule has 0 radical (unpaired) electrons. The van der Waals surface area contributed by atoms with E-state index >= 15 is 0 Å². The fourth-order valence-corrected chi connectivity index (χ4v) is 2.11. The van der Waals surface area contributed by atoms with E-state index in [1.54, 1.807) is 0 Å². The van der Waals surface area contributed by atoms with Gasteiger partial charge in [-0.15, -0.1) is 0 Å². The van der Waals surface area contributed by atoms with Crippen molar-refractivity contribution in [2.75, 3.05) is 13.3 Å². The van der Waals surface area contributed by atoms with Crippen LogP contribution < -0.4 is 27.2 Å². The molecule has 0 atom stereocenters. The highest BCUT2D eigenvalue weighted by atomic mass is 35.5. The van der Waals surface area contributed by atoms with E-state index in [0.29, 0.717) is 6.79 Å². The molecule has 1 aliphatic rings. The fraction of sp³-hybridized carbons (Fsp3) is 0.176. The number of nitrogens with one attached hydrogen (secondary N) is 1. The molecule has 110 valence electrons. The first-order chi connectivity index (χ1) is 9.92. The third kappa shape index (κ3) is 4.25. The van der Waals surface area contributed by atoms with Crippen LogP contribution in [0.15, 0.2) is 54.6 Å². The Bertz CT molecular complexity index is 599. The third-order valence-corrected chi connectivity index (χ3v) is 3.14. The molecule has 2 aromatic rings. The molecule has 0 saturated carbocycles. The second-order valence-corrected chi connectivity index (χ2v) is 4.63. The van der Waals surface area contributed by atoms with E-state index in [-0.39, 0.29) is 12.4 Å². The highest BCUT2D eigenvalue weighted by Crippen LogP contribution is 2.32. The van der Waals surface area contributed by atoms with Crippen LogP contribution in [0.2, 0.25) is 0 Å². The van der Waals surface area contributed by atoms with Crippen molar-refractivity contribution in [3.05, 3.63) is 65.7 Å². The van der Waals surface area contributed by atoms with Gasteiger partial charge in [-0.05, 0) is 23.3 Å². The molecule has 3 nitrogen and oxygen atoms in total. The SMILES string of the molecule is C(=C\c1ccccc1)/CNCc1ccc2c(c1)OCO2.[Cl-]. The Kier molecular flexibility index (Phi) is 5.67. The van der Waals surface area contributed by atoms with Gasteiger partial charge in [-0.25, -0.2) is 0 Å². The number of rotatable bonds is 5. The first-order valence-electron chi connectivity index (χ1n) is 6.73. The first kappa shape index (κ1) is 15.4. The second-order valence-electron chi connectivity index (χ2n) is 4.63. The average molecular weight is 303 g/mol. The third-order valence-electron chi connectivity index (χ3n) is 3.14. The van der Waals surface area contributed by atoms with Gasteiger partial charge in [-0.3, -0.25) is 0 Å². The number of benzene rings is 2. The zero-order valence-corrected chi connectivity index (χ0v) is 12.3. The Balaban J connectivity index is 0.00000161. The minimum Gasteiger partial charge on any atom is -1.00 e. The topological polar surface area (TPSA) is 30.5 Å². The largest absolute Gasteiger partial charge is 1.00 e. The van der Waals surface area contributed by atoms with Gasteiger partial charge in [-0.2, -0.15) is 0 Å². The summed E-state index contributed by atoms with van der Waals surface area (Å²) < 4.78 is 10.7. The van der Waals surface area contributed by atoms with E-state index in [1.165, 1.54) is 11.1 Å². The maximum Gasteiger partial charge on any atom is 0.231 e. The summed E-state index contributed by atoms with van der Waals surface area (Å²) in [4.78, 5) is 0. The lowest BCUT2D eigenvalue weighted by Crippen LogP contribution is -3.00. The average Bonchev–Trinajstić information content (AvgIpc) is 2.95. The van der Waals surface area contributed by atoms with Crippen molar-refractivity contribution < 1.29 is 21.9 Å². The summed E-state index contributed by atoms with van der Waals surface area (Å²) in [5.41, 5.74) is 2.42. The Morgan fingerprint density at radius 1 is 1.00 bits per heavy atom. The van der Waals surface area contributed by atoms with Crippen LogP contribution in [0.25, 0.3) is 6.08 Å². The lowest BCUT2D eigenvalue weighted by atomic mass is 10.2. The summed E-state index contributed by atoms with van der Waals surface area (Å²) in [6.45, 7) is 1.98. The Labute approximate surface area is 131 Å². The van der Waals surface area contributed by atoms with Crippen molar-refractivity contribution in [2.24, 2.45) is 0 Å². The van der Waals surface area contributed by atoms with E-state index in [9.17, 15) is 0 Å². The van der Waals surface area contributed by atoms with E-state index < -0.39 is 0 Å². The quantitative estimate of drug-likeness (QED) is 0.802. The van der Waals surface area contributed by atoms with Crippen LogP contribution in [-0.4, -0.2) is 13.3 Å². The molecule has 4 heteroatoms. The van der Waals surface area contributed by atoms with Gasteiger partial charge < -0.3 is 27.2 Å². The van der Waals surface area contributed by atoms with Crippen LogP contribution >= 0.6 is 0 Å². The van der Waals surface area contributed by atoms with Gasteiger partial charge in [0.15, 0.2) is 11.5 Å². The molecule has 0 saturated heterocycles. The fourth-order valence-electron chi connectivity index (χ4n) is 2.11. The minimum atomic E-state index is 0. The van der Waals surface area contributed by atoms with E-state index in [0.717, 1.165) is 24.6 Å². The second kappa shape index (κ2) is 7.72. The molecule has 0 unspecified atom stereocenters. The summed E-state index contributed by atoms with van der Waals surface area (Å²) in [7, 11) is 0. The molecule has 0 aliphatic carbocycles. The predicted octanol–water partition coefficient (Wildman–Crippen LogP) is 0.222. The Morgan fingerprint density at radius 2 is 1.81 bits per heavy atom. The zero-order valence-electron chi connectivity index (χ0n) is 11.6. The molecular weight excluding hydrogens is 286 g/mol. The maximum atomic E-state index is 5.36. The summed E-state index contributed by atoms with van der Waals surface area (Å²) in [5, 5.41) is 3.38. The monoisotopic (exact) mass is 302 g/mol. The molecule has 21 heavy (non-hydrogen) atoms. The number of ether oxygens (including phenoxy) is 2. The number of halogens is 1. The van der Waals surface area contributed by atoms with Gasteiger partial charge >= 0.3 is 0 Å². The zero-order chi connectivity index (χ0) is 13.6. The van der Waals surface area contributed by atoms with E-state index in [2.05, 4.69) is 35.7 Å². The standard InChI is InChI=1S/C17H17NO2.ClH/c1-2-5-14(6-3-1)7-4-10-18-12-15-8-9-16-17(11-15)20-13-19-16;/h1-9,11,18H,10,12-13H2;1H/p-1/b7-4+;. The van der Waals surface area contributed by atoms with Gasteiger partial charge in [0.05, 0.1) is 0 Å². The summed E-state index contributed by atoms with van der Waals surface area (Å²) >= 11 is 0. The summed E-state index contributed by atoms with van der Waals surface area (Å²) in [5.74, 6) is 1.67. The molecular formula is C17H17ClNO2-. The molecule has 0 bridgehead atoms.